The second kappa shape index (κ2) is 5.39. The van der Waals surface area contributed by atoms with Crippen LogP contribution in [0.3, 0.4) is 0 Å². The van der Waals surface area contributed by atoms with Crippen LogP contribution in [0, 0.1) is 5.92 Å². The third kappa shape index (κ3) is 2.61. The van der Waals surface area contributed by atoms with E-state index in [0.717, 1.165) is 22.6 Å². The zero-order valence-corrected chi connectivity index (χ0v) is 13.5. The maximum absolute atomic E-state index is 12.5. The Morgan fingerprint density at radius 1 is 1.50 bits per heavy atom. The van der Waals surface area contributed by atoms with Crippen LogP contribution in [0.15, 0.2) is 17.5 Å². The Kier molecular flexibility index (Phi) is 3.68. The summed E-state index contributed by atoms with van der Waals surface area (Å²) in [6.07, 6.45) is 1.89. The van der Waals surface area contributed by atoms with Crippen molar-refractivity contribution in [3.63, 3.8) is 0 Å². The van der Waals surface area contributed by atoms with Gasteiger partial charge in [-0.25, -0.2) is 4.79 Å². The first-order valence-corrected chi connectivity index (χ1v) is 8.20. The highest BCUT2D eigenvalue weighted by molar-refractivity contribution is 7.09. The lowest BCUT2D eigenvalue weighted by Gasteiger charge is -2.22. The number of likely N-dealkylation sites (N-methyl/N-ethyl adjacent to an activating group) is 1. The highest BCUT2D eigenvalue weighted by Gasteiger charge is 2.56. The molecule has 3 rings (SSSR count). The van der Waals surface area contributed by atoms with Crippen molar-refractivity contribution in [1.29, 1.82) is 0 Å². The van der Waals surface area contributed by atoms with Crippen LogP contribution in [0.25, 0.3) is 0 Å². The Labute approximate surface area is 133 Å². The number of carbonyl (C=O) groups excluding carboxylic acids is 3. The molecule has 6 nitrogen and oxygen atoms in total. The second-order valence-electron chi connectivity index (χ2n) is 6.13. The number of imide groups is 1. The predicted molar refractivity (Wildman–Crippen MR) is 82.2 cm³/mol. The van der Waals surface area contributed by atoms with E-state index in [1.54, 1.807) is 30.2 Å². The first-order chi connectivity index (χ1) is 10.4. The molecule has 0 spiro atoms. The lowest BCUT2D eigenvalue weighted by molar-refractivity contribution is -0.138. The fourth-order valence-corrected chi connectivity index (χ4v) is 3.53. The molecule has 0 aromatic carbocycles. The van der Waals surface area contributed by atoms with Crippen LogP contribution in [0.5, 0.6) is 0 Å². The number of carbonyl (C=O) groups is 3. The molecule has 1 N–H and O–H groups in total. The van der Waals surface area contributed by atoms with Gasteiger partial charge in [-0.05, 0) is 37.1 Å². The summed E-state index contributed by atoms with van der Waals surface area (Å²) in [5.74, 6) is -0.317. The molecule has 0 radical (unpaired) electrons. The standard InChI is InChI=1S/C15H19N3O3S/c1-15(10-5-6-10)13(20)18(14(21)16-15)9-12(19)17(2)8-11-4-3-7-22-11/h3-4,7,10H,5-6,8-9H2,1-2H3,(H,16,21). The largest absolute Gasteiger partial charge is 0.339 e. The van der Waals surface area contributed by atoms with Gasteiger partial charge in [-0.15, -0.1) is 11.3 Å². The minimum absolute atomic E-state index is 0.200. The Hall–Kier alpha value is -1.89. The summed E-state index contributed by atoms with van der Waals surface area (Å²) >= 11 is 1.57. The number of thiophene rings is 1. The topological polar surface area (TPSA) is 69.7 Å². The van der Waals surface area contributed by atoms with E-state index in [9.17, 15) is 14.4 Å². The minimum atomic E-state index is -0.830. The number of hydrogen-bond donors (Lipinski definition) is 1. The van der Waals surface area contributed by atoms with E-state index in [1.807, 2.05) is 17.5 Å². The SMILES string of the molecule is CN(Cc1cccs1)C(=O)CN1C(=O)NC(C)(C2CC2)C1=O. The summed E-state index contributed by atoms with van der Waals surface area (Å²) in [6.45, 7) is 2.04. The van der Waals surface area contributed by atoms with Crippen LogP contribution in [-0.4, -0.2) is 46.8 Å². The monoisotopic (exact) mass is 321 g/mol. The van der Waals surface area contributed by atoms with Crippen molar-refractivity contribution in [3.8, 4) is 0 Å². The van der Waals surface area contributed by atoms with E-state index < -0.39 is 11.6 Å². The van der Waals surface area contributed by atoms with Crippen molar-refractivity contribution >= 4 is 29.2 Å². The molecule has 2 fully saturated rings. The van der Waals surface area contributed by atoms with E-state index in [0.29, 0.717) is 6.54 Å². The summed E-state index contributed by atoms with van der Waals surface area (Å²) in [7, 11) is 1.68. The molecular weight excluding hydrogens is 302 g/mol. The summed E-state index contributed by atoms with van der Waals surface area (Å²) in [5.41, 5.74) is -0.830. The summed E-state index contributed by atoms with van der Waals surface area (Å²) < 4.78 is 0. The average molecular weight is 321 g/mol. The van der Waals surface area contributed by atoms with Crippen molar-refractivity contribution in [2.75, 3.05) is 13.6 Å². The third-order valence-electron chi connectivity index (χ3n) is 4.39. The van der Waals surface area contributed by atoms with Gasteiger partial charge in [0, 0.05) is 11.9 Å². The molecule has 0 bridgehead atoms. The molecule has 1 atom stereocenters. The van der Waals surface area contributed by atoms with Crippen LogP contribution in [-0.2, 0) is 16.1 Å². The van der Waals surface area contributed by atoms with Crippen LogP contribution < -0.4 is 5.32 Å². The fourth-order valence-electron chi connectivity index (χ4n) is 2.78. The second-order valence-corrected chi connectivity index (χ2v) is 7.16. The summed E-state index contributed by atoms with van der Waals surface area (Å²) in [6, 6.07) is 3.42. The molecule has 7 heteroatoms. The zero-order chi connectivity index (χ0) is 15.9. The van der Waals surface area contributed by atoms with Crippen molar-refractivity contribution in [3.05, 3.63) is 22.4 Å². The molecule has 1 aromatic rings. The molecule has 2 heterocycles. The van der Waals surface area contributed by atoms with Crippen LogP contribution in [0.2, 0.25) is 0 Å². The van der Waals surface area contributed by atoms with Gasteiger partial charge in [0.2, 0.25) is 5.91 Å². The van der Waals surface area contributed by atoms with Gasteiger partial charge in [0.15, 0.2) is 0 Å². The van der Waals surface area contributed by atoms with E-state index in [-0.39, 0.29) is 24.3 Å². The summed E-state index contributed by atoms with van der Waals surface area (Å²) in [5, 5.41) is 4.70. The number of hydrogen-bond acceptors (Lipinski definition) is 4. The number of urea groups is 1. The quantitative estimate of drug-likeness (QED) is 0.834. The highest BCUT2D eigenvalue weighted by atomic mass is 32.1. The van der Waals surface area contributed by atoms with Gasteiger partial charge in [0.05, 0.1) is 6.54 Å². The Morgan fingerprint density at radius 3 is 2.82 bits per heavy atom. The van der Waals surface area contributed by atoms with Crippen molar-refractivity contribution in [1.82, 2.24) is 15.1 Å². The van der Waals surface area contributed by atoms with Crippen molar-refractivity contribution in [2.45, 2.75) is 31.8 Å². The first-order valence-electron chi connectivity index (χ1n) is 7.32. The van der Waals surface area contributed by atoms with E-state index in [1.165, 1.54) is 0 Å². The number of nitrogens with one attached hydrogen (secondary N) is 1. The molecule has 118 valence electrons. The van der Waals surface area contributed by atoms with E-state index >= 15 is 0 Å². The molecule has 4 amide bonds. The number of rotatable bonds is 5. The molecule has 22 heavy (non-hydrogen) atoms. The first kappa shape index (κ1) is 15.0. The van der Waals surface area contributed by atoms with Gasteiger partial charge >= 0.3 is 6.03 Å². The fraction of sp³-hybridized carbons (Fsp3) is 0.533. The lowest BCUT2D eigenvalue weighted by atomic mass is 9.96. The lowest BCUT2D eigenvalue weighted by Crippen LogP contribution is -2.47. The Bertz CT molecular complexity index is 612. The van der Waals surface area contributed by atoms with Crippen LogP contribution >= 0.6 is 11.3 Å². The molecule has 1 saturated heterocycles. The van der Waals surface area contributed by atoms with E-state index in [4.69, 9.17) is 0 Å². The van der Waals surface area contributed by atoms with Crippen LogP contribution in [0.4, 0.5) is 4.79 Å². The molecule has 1 unspecified atom stereocenters. The number of nitrogens with zero attached hydrogens (tertiary/aromatic N) is 2. The van der Waals surface area contributed by atoms with Crippen LogP contribution in [0.1, 0.15) is 24.6 Å². The minimum Gasteiger partial charge on any atom is -0.339 e. The molecule has 2 aliphatic rings. The van der Waals surface area contributed by atoms with Gasteiger partial charge in [-0.2, -0.15) is 0 Å². The van der Waals surface area contributed by atoms with Gasteiger partial charge < -0.3 is 10.2 Å². The van der Waals surface area contributed by atoms with E-state index in [2.05, 4.69) is 5.32 Å². The normalized spacial score (nSPS) is 24.5. The molecule has 1 aliphatic carbocycles. The molecule has 1 saturated carbocycles. The van der Waals surface area contributed by atoms with Gasteiger partial charge in [0.25, 0.3) is 5.91 Å². The summed E-state index contributed by atoms with van der Waals surface area (Å²) in [4.78, 5) is 40.4. The molecular formula is C15H19N3O3S. The van der Waals surface area contributed by atoms with Gasteiger partial charge in [-0.1, -0.05) is 6.07 Å². The third-order valence-corrected chi connectivity index (χ3v) is 5.25. The average Bonchev–Trinajstić information content (AvgIpc) is 3.18. The highest BCUT2D eigenvalue weighted by Crippen LogP contribution is 2.42. The molecule has 1 aromatic heterocycles. The van der Waals surface area contributed by atoms with Gasteiger partial charge in [0.1, 0.15) is 12.1 Å². The maximum atomic E-state index is 12.5. The maximum Gasteiger partial charge on any atom is 0.325 e. The van der Waals surface area contributed by atoms with Gasteiger partial charge in [-0.3, -0.25) is 14.5 Å². The smallest absolute Gasteiger partial charge is 0.325 e. The predicted octanol–water partition coefficient (Wildman–Crippen LogP) is 1.43. The molecule has 1 aliphatic heterocycles. The van der Waals surface area contributed by atoms with Crippen molar-refractivity contribution < 1.29 is 14.4 Å². The van der Waals surface area contributed by atoms with Crippen molar-refractivity contribution in [2.24, 2.45) is 5.92 Å². The Morgan fingerprint density at radius 2 is 2.23 bits per heavy atom. The number of amides is 4. The zero-order valence-electron chi connectivity index (χ0n) is 12.7. The Balaban J connectivity index is 1.63.